The summed E-state index contributed by atoms with van der Waals surface area (Å²) in [6, 6.07) is 0. The van der Waals surface area contributed by atoms with Gasteiger partial charge in [0.25, 0.3) is 0 Å². The van der Waals surface area contributed by atoms with Crippen LogP contribution in [0.3, 0.4) is 0 Å². The summed E-state index contributed by atoms with van der Waals surface area (Å²) in [5.74, 6) is 4.10. The molecule has 0 nitrogen and oxygen atoms in total. The molecule has 0 spiro atoms. The van der Waals surface area contributed by atoms with Gasteiger partial charge in [-0.1, -0.05) is 47.0 Å². The van der Waals surface area contributed by atoms with E-state index in [2.05, 4.69) is 27.7 Å². The van der Waals surface area contributed by atoms with Crippen LogP contribution in [0.15, 0.2) is 0 Å². The molecule has 0 aromatic carbocycles. The number of rotatable bonds is 2. The highest BCUT2D eigenvalue weighted by Crippen LogP contribution is 2.35. The van der Waals surface area contributed by atoms with Gasteiger partial charge in [-0.2, -0.15) is 0 Å². The molecule has 0 aliphatic heterocycles. The first-order valence-electron chi connectivity index (χ1n) is 6.11. The van der Waals surface area contributed by atoms with Gasteiger partial charge in [0.15, 0.2) is 0 Å². The van der Waals surface area contributed by atoms with Crippen LogP contribution in [0.4, 0.5) is 0 Å². The van der Waals surface area contributed by atoms with Crippen molar-refractivity contribution in [2.75, 3.05) is 0 Å². The van der Waals surface area contributed by atoms with E-state index < -0.39 is 0 Å². The van der Waals surface area contributed by atoms with Crippen LogP contribution in [0.5, 0.6) is 0 Å². The molecular weight excluding hydrogens is 156 g/mol. The molecule has 2 saturated carbocycles. The number of hydrogen-bond donors (Lipinski definition) is 0. The lowest BCUT2D eigenvalue weighted by Gasteiger charge is -2.28. The van der Waals surface area contributed by atoms with E-state index in [0.29, 0.717) is 0 Å². The molecule has 0 aromatic heterocycles. The Morgan fingerprint density at radius 2 is 1.08 bits per heavy atom. The van der Waals surface area contributed by atoms with Crippen LogP contribution < -0.4 is 0 Å². The van der Waals surface area contributed by atoms with Crippen molar-refractivity contribution in [2.24, 2.45) is 23.7 Å². The van der Waals surface area contributed by atoms with Gasteiger partial charge in [0.05, 0.1) is 0 Å². The zero-order chi connectivity index (χ0) is 9.84. The van der Waals surface area contributed by atoms with Crippen LogP contribution in [-0.4, -0.2) is 0 Å². The number of hydrogen-bond acceptors (Lipinski definition) is 0. The first kappa shape index (κ1) is 11.1. The van der Waals surface area contributed by atoms with Gasteiger partial charge in [-0.3, -0.25) is 0 Å². The molecule has 0 bridgehead atoms. The second kappa shape index (κ2) is 5.02. The molecule has 13 heavy (non-hydrogen) atoms. The van der Waals surface area contributed by atoms with Crippen LogP contribution in [-0.2, 0) is 0 Å². The van der Waals surface area contributed by atoms with Crippen LogP contribution in [0.2, 0.25) is 0 Å². The Balaban J connectivity index is 0.000000132. The second-order valence-corrected chi connectivity index (χ2v) is 5.52. The summed E-state index contributed by atoms with van der Waals surface area (Å²) >= 11 is 0. The highest BCUT2D eigenvalue weighted by molar-refractivity contribution is 4.75. The Labute approximate surface area is 84.1 Å². The second-order valence-electron chi connectivity index (χ2n) is 5.52. The Bertz CT molecular complexity index is 127. The molecule has 2 rings (SSSR count). The van der Waals surface area contributed by atoms with Crippen molar-refractivity contribution < 1.29 is 0 Å². The fourth-order valence-electron chi connectivity index (χ4n) is 1.87. The molecule has 0 atom stereocenters. The van der Waals surface area contributed by atoms with Crippen molar-refractivity contribution in [3.05, 3.63) is 0 Å². The van der Waals surface area contributed by atoms with Crippen LogP contribution in [0, 0.1) is 23.7 Å². The molecule has 0 amide bonds. The van der Waals surface area contributed by atoms with Gasteiger partial charge in [0.1, 0.15) is 0 Å². The maximum absolute atomic E-state index is 2.32. The summed E-state index contributed by atoms with van der Waals surface area (Å²) in [5, 5.41) is 0. The van der Waals surface area contributed by atoms with Gasteiger partial charge in [-0.15, -0.1) is 0 Å². The van der Waals surface area contributed by atoms with Crippen molar-refractivity contribution in [3.63, 3.8) is 0 Å². The van der Waals surface area contributed by atoms with Crippen LogP contribution in [0.1, 0.15) is 59.8 Å². The summed E-state index contributed by atoms with van der Waals surface area (Å²) in [4.78, 5) is 0. The molecule has 0 saturated heterocycles. The largest absolute Gasteiger partial charge is 0.0625 e. The summed E-state index contributed by atoms with van der Waals surface area (Å²) in [5.41, 5.74) is 0. The van der Waals surface area contributed by atoms with Crippen molar-refractivity contribution in [2.45, 2.75) is 59.8 Å². The van der Waals surface area contributed by atoms with Crippen LogP contribution >= 0.6 is 0 Å². The van der Waals surface area contributed by atoms with Crippen molar-refractivity contribution >= 4 is 0 Å². The molecular formula is C13H26. The quantitative estimate of drug-likeness (QED) is 0.590. The molecule has 0 heterocycles. The SMILES string of the molecule is CC(C)C1CC1.CC(C)C1CCC1. The first-order valence-corrected chi connectivity index (χ1v) is 6.11. The van der Waals surface area contributed by atoms with E-state index in [9.17, 15) is 0 Å². The molecule has 0 aromatic rings. The molecule has 2 aliphatic rings. The molecule has 0 heteroatoms. The summed E-state index contributed by atoms with van der Waals surface area (Å²) in [6.45, 7) is 9.25. The Kier molecular flexibility index (Phi) is 4.28. The average Bonchev–Trinajstić information content (AvgIpc) is 2.60. The maximum atomic E-state index is 2.32. The molecule has 2 aliphatic carbocycles. The zero-order valence-electron chi connectivity index (χ0n) is 9.84. The molecule has 2 fully saturated rings. The highest BCUT2D eigenvalue weighted by atomic mass is 14.3. The standard InChI is InChI=1S/C7H14.C6H12/c1-6(2)7-4-3-5-7;1-5(2)6-3-4-6/h6-7H,3-5H2,1-2H3;5-6H,3-4H2,1-2H3. The predicted molar refractivity (Wildman–Crippen MR) is 59.7 cm³/mol. The monoisotopic (exact) mass is 182 g/mol. The first-order chi connectivity index (χ1) is 6.11. The Morgan fingerprint density at radius 3 is 1.08 bits per heavy atom. The third-order valence-electron chi connectivity index (χ3n) is 3.66. The molecule has 78 valence electrons. The Morgan fingerprint density at radius 1 is 0.692 bits per heavy atom. The van der Waals surface area contributed by atoms with Crippen molar-refractivity contribution in [1.29, 1.82) is 0 Å². The van der Waals surface area contributed by atoms with E-state index in [-0.39, 0.29) is 0 Å². The van der Waals surface area contributed by atoms with Crippen molar-refractivity contribution in [1.82, 2.24) is 0 Å². The third kappa shape index (κ3) is 4.15. The van der Waals surface area contributed by atoms with E-state index in [4.69, 9.17) is 0 Å². The lowest BCUT2D eigenvalue weighted by Crippen LogP contribution is -2.16. The van der Waals surface area contributed by atoms with E-state index in [1.807, 2.05) is 0 Å². The van der Waals surface area contributed by atoms with Crippen molar-refractivity contribution in [3.8, 4) is 0 Å². The third-order valence-corrected chi connectivity index (χ3v) is 3.66. The average molecular weight is 182 g/mol. The van der Waals surface area contributed by atoms with E-state index in [0.717, 1.165) is 23.7 Å². The zero-order valence-corrected chi connectivity index (χ0v) is 9.84. The van der Waals surface area contributed by atoms with E-state index >= 15 is 0 Å². The smallest absolute Gasteiger partial charge is 0.0391 e. The van der Waals surface area contributed by atoms with Gasteiger partial charge in [-0.25, -0.2) is 0 Å². The summed E-state index contributed by atoms with van der Waals surface area (Å²) < 4.78 is 0. The topological polar surface area (TPSA) is 0 Å². The van der Waals surface area contributed by atoms with E-state index in [1.54, 1.807) is 0 Å². The minimum Gasteiger partial charge on any atom is -0.0625 e. The van der Waals surface area contributed by atoms with Gasteiger partial charge >= 0.3 is 0 Å². The minimum absolute atomic E-state index is 0.953. The lowest BCUT2D eigenvalue weighted by atomic mass is 9.78. The summed E-state index contributed by atoms with van der Waals surface area (Å²) in [6.07, 6.45) is 7.48. The van der Waals surface area contributed by atoms with Crippen LogP contribution in [0.25, 0.3) is 0 Å². The Hall–Kier alpha value is 0. The van der Waals surface area contributed by atoms with Gasteiger partial charge in [-0.05, 0) is 36.5 Å². The normalized spacial score (nSPS) is 22.6. The lowest BCUT2D eigenvalue weighted by molar-refractivity contribution is 0.235. The minimum atomic E-state index is 0.953. The fraction of sp³-hybridized carbons (Fsp3) is 1.00. The highest BCUT2D eigenvalue weighted by Gasteiger charge is 2.24. The molecule has 0 unspecified atom stereocenters. The van der Waals surface area contributed by atoms with Gasteiger partial charge < -0.3 is 0 Å². The van der Waals surface area contributed by atoms with Gasteiger partial charge in [0, 0.05) is 0 Å². The molecule has 0 radical (unpaired) electrons. The predicted octanol–water partition coefficient (Wildman–Crippen LogP) is 4.49. The molecule has 0 N–H and O–H groups in total. The summed E-state index contributed by atoms with van der Waals surface area (Å²) in [7, 11) is 0. The maximum Gasteiger partial charge on any atom is -0.0391 e. The van der Waals surface area contributed by atoms with Gasteiger partial charge in [0.2, 0.25) is 0 Å². The van der Waals surface area contributed by atoms with E-state index in [1.165, 1.54) is 32.1 Å². The fourth-order valence-corrected chi connectivity index (χ4v) is 1.87.